The molecule has 0 aliphatic carbocycles. The van der Waals surface area contributed by atoms with Crippen LogP contribution in [0.15, 0.2) is 4.52 Å². The molecular weight excluding hydrogens is 258 g/mol. The fraction of sp³-hybridized carbons (Fsp3) is 0.714. The first kappa shape index (κ1) is 15.0. The molecule has 1 aromatic rings. The maximum atomic E-state index is 12.4. The molecular formula is C14H23N3O3. The highest BCUT2D eigenvalue weighted by Gasteiger charge is 2.36. The zero-order valence-corrected chi connectivity index (χ0v) is 12.6. The maximum Gasteiger partial charge on any atom is 0.227 e. The van der Waals surface area contributed by atoms with Crippen molar-refractivity contribution in [3.05, 3.63) is 17.0 Å². The van der Waals surface area contributed by atoms with E-state index in [-0.39, 0.29) is 24.5 Å². The van der Waals surface area contributed by atoms with Crippen LogP contribution in [0.5, 0.6) is 0 Å². The monoisotopic (exact) mass is 281 g/mol. The highest BCUT2D eigenvalue weighted by atomic mass is 16.5. The van der Waals surface area contributed by atoms with Crippen molar-refractivity contribution in [1.29, 1.82) is 0 Å². The van der Waals surface area contributed by atoms with Crippen molar-refractivity contribution in [3.8, 4) is 0 Å². The number of carbonyl (C=O) groups is 1. The second-order valence-corrected chi connectivity index (χ2v) is 5.75. The second kappa shape index (κ2) is 5.93. The highest BCUT2D eigenvalue weighted by Crippen LogP contribution is 2.22. The molecule has 6 heteroatoms. The SMILES string of the molecule is Cc1noc(C)c1CC(=O)N1C[C@@H](CO)[C@H](N(C)C)C1. The number of aliphatic hydroxyl groups excluding tert-OH is 1. The van der Waals surface area contributed by atoms with E-state index in [1.165, 1.54) is 0 Å². The van der Waals surface area contributed by atoms with Gasteiger partial charge in [-0.3, -0.25) is 4.79 Å². The Balaban J connectivity index is 2.04. The van der Waals surface area contributed by atoms with Crippen LogP contribution >= 0.6 is 0 Å². The van der Waals surface area contributed by atoms with Gasteiger partial charge >= 0.3 is 0 Å². The van der Waals surface area contributed by atoms with Crippen molar-refractivity contribution in [2.75, 3.05) is 33.8 Å². The summed E-state index contributed by atoms with van der Waals surface area (Å²) < 4.78 is 5.09. The van der Waals surface area contributed by atoms with E-state index in [0.29, 0.717) is 25.3 Å². The molecule has 2 rings (SSSR count). The molecule has 0 saturated carbocycles. The molecule has 6 nitrogen and oxygen atoms in total. The number of likely N-dealkylation sites (tertiary alicyclic amines) is 1. The Labute approximate surface area is 119 Å². The third kappa shape index (κ3) is 2.86. The van der Waals surface area contributed by atoms with Crippen LogP contribution in [-0.2, 0) is 11.2 Å². The molecule has 1 amide bonds. The molecule has 2 atom stereocenters. The number of hydrogen-bond donors (Lipinski definition) is 1. The minimum Gasteiger partial charge on any atom is -0.396 e. The molecule has 1 aliphatic rings. The quantitative estimate of drug-likeness (QED) is 0.854. The molecule has 0 bridgehead atoms. The number of carbonyl (C=O) groups excluding carboxylic acids is 1. The molecule has 1 aliphatic heterocycles. The molecule has 1 saturated heterocycles. The second-order valence-electron chi connectivity index (χ2n) is 5.75. The van der Waals surface area contributed by atoms with E-state index >= 15 is 0 Å². The van der Waals surface area contributed by atoms with Crippen LogP contribution in [0.3, 0.4) is 0 Å². The minimum absolute atomic E-state index is 0.0715. The van der Waals surface area contributed by atoms with Crippen LogP contribution in [0, 0.1) is 19.8 Å². The van der Waals surface area contributed by atoms with E-state index in [4.69, 9.17) is 4.52 Å². The van der Waals surface area contributed by atoms with Gasteiger partial charge in [0.15, 0.2) is 0 Å². The molecule has 0 unspecified atom stereocenters. The number of rotatable bonds is 4. The van der Waals surface area contributed by atoms with Gasteiger partial charge in [-0.05, 0) is 27.9 Å². The minimum atomic E-state index is 0.0715. The summed E-state index contributed by atoms with van der Waals surface area (Å²) in [6.07, 6.45) is 0.319. The summed E-state index contributed by atoms with van der Waals surface area (Å²) in [5.74, 6) is 0.902. The Hall–Kier alpha value is -1.40. The van der Waals surface area contributed by atoms with Crippen LogP contribution in [0.2, 0.25) is 0 Å². The third-order valence-corrected chi connectivity index (χ3v) is 4.17. The summed E-state index contributed by atoms with van der Waals surface area (Å²) in [6, 6.07) is 0.216. The van der Waals surface area contributed by atoms with Crippen LogP contribution in [0.25, 0.3) is 0 Å². The van der Waals surface area contributed by atoms with Crippen molar-refractivity contribution >= 4 is 5.91 Å². The van der Waals surface area contributed by atoms with Crippen molar-refractivity contribution in [2.24, 2.45) is 5.92 Å². The van der Waals surface area contributed by atoms with Gasteiger partial charge in [-0.1, -0.05) is 5.16 Å². The van der Waals surface area contributed by atoms with Crippen LogP contribution in [0.1, 0.15) is 17.0 Å². The van der Waals surface area contributed by atoms with Crippen molar-refractivity contribution in [1.82, 2.24) is 15.0 Å². The Morgan fingerprint density at radius 2 is 2.15 bits per heavy atom. The Bertz CT molecular complexity index is 465. The lowest BCUT2D eigenvalue weighted by Gasteiger charge is -2.23. The number of aliphatic hydroxyl groups is 1. The predicted molar refractivity (Wildman–Crippen MR) is 74.3 cm³/mol. The third-order valence-electron chi connectivity index (χ3n) is 4.17. The van der Waals surface area contributed by atoms with E-state index in [9.17, 15) is 9.90 Å². The predicted octanol–water partition coefficient (Wildman–Crippen LogP) is 0.215. The topological polar surface area (TPSA) is 69.8 Å². The normalized spacial score (nSPS) is 22.8. The highest BCUT2D eigenvalue weighted by molar-refractivity contribution is 5.79. The maximum absolute atomic E-state index is 12.4. The van der Waals surface area contributed by atoms with E-state index < -0.39 is 0 Å². The van der Waals surface area contributed by atoms with Gasteiger partial charge in [0.05, 0.1) is 12.1 Å². The first-order valence-electron chi connectivity index (χ1n) is 6.90. The number of nitrogens with zero attached hydrogens (tertiary/aromatic N) is 3. The number of amides is 1. The summed E-state index contributed by atoms with van der Waals surface area (Å²) in [5.41, 5.74) is 1.65. The molecule has 1 aromatic heterocycles. The zero-order chi connectivity index (χ0) is 14.9. The summed E-state index contributed by atoms with van der Waals surface area (Å²) in [7, 11) is 3.96. The lowest BCUT2D eigenvalue weighted by atomic mass is 10.0. The molecule has 0 aromatic carbocycles. The van der Waals surface area contributed by atoms with Crippen molar-refractivity contribution in [2.45, 2.75) is 26.3 Å². The lowest BCUT2D eigenvalue weighted by Crippen LogP contribution is -2.37. The molecule has 112 valence electrons. The number of aromatic nitrogens is 1. The Morgan fingerprint density at radius 3 is 2.60 bits per heavy atom. The van der Waals surface area contributed by atoms with E-state index in [1.54, 1.807) is 0 Å². The summed E-state index contributed by atoms with van der Waals surface area (Å²) in [4.78, 5) is 16.3. The van der Waals surface area contributed by atoms with Crippen LogP contribution < -0.4 is 0 Å². The smallest absolute Gasteiger partial charge is 0.227 e. The molecule has 0 spiro atoms. The van der Waals surface area contributed by atoms with Gasteiger partial charge in [0, 0.05) is 37.2 Å². The van der Waals surface area contributed by atoms with Crippen molar-refractivity contribution < 1.29 is 14.4 Å². The lowest BCUT2D eigenvalue weighted by molar-refractivity contribution is -0.129. The van der Waals surface area contributed by atoms with Crippen molar-refractivity contribution in [3.63, 3.8) is 0 Å². The van der Waals surface area contributed by atoms with E-state index in [0.717, 1.165) is 11.3 Å². The number of aryl methyl sites for hydroxylation is 2. The molecule has 1 N–H and O–H groups in total. The van der Waals surface area contributed by atoms with Gasteiger partial charge < -0.3 is 19.4 Å². The fourth-order valence-corrected chi connectivity index (χ4v) is 2.84. The molecule has 20 heavy (non-hydrogen) atoms. The van der Waals surface area contributed by atoms with Gasteiger partial charge in [0.1, 0.15) is 5.76 Å². The van der Waals surface area contributed by atoms with Crippen LogP contribution in [-0.4, -0.2) is 65.8 Å². The summed E-state index contributed by atoms with van der Waals surface area (Å²) in [5, 5.41) is 13.3. The first-order valence-corrected chi connectivity index (χ1v) is 6.90. The van der Waals surface area contributed by atoms with Gasteiger partial charge in [0.25, 0.3) is 0 Å². The fourth-order valence-electron chi connectivity index (χ4n) is 2.84. The van der Waals surface area contributed by atoms with Gasteiger partial charge in [-0.2, -0.15) is 0 Å². The average Bonchev–Trinajstić information content (AvgIpc) is 2.97. The van der Waals surface area contributed by atoms with Gasteiger partial charge in [-0.15, -0.1) is 0 Å². The van der Waals surface area contributed by atoms with E-state index in [1.807, 2.05) is 32.8 Å². The standard InChI is InChI=1S/C14H23N3O3/c1-9-12(10(2)20-15-9)5-14(19)17-6-11(8-18)13(7-17)16(3)4/h11,13,18H,5-8H2,1-4H3/t11-,13+/m0/s1. The largest absolute Gasteiger partial charge is 0.396 e. The molecule has 1 fully saturated rings. The average molecular weight is 281 g/mol. The van der Waals surface area contributed by atoms with E-state index in [2.05, 4.69) is 10.1 Å². The number of likely N-dealkylation sites (N-methyl/N-ethyl adjacent to an activating group) is 1. The Kier molecular flexibility index (Phi) is 4.45. The summed E-state index contributed by atoms with van der Waals surface area (Å²) >= 11 is 0. The Morgan fingerprint density at radius 1 is 1.45 bits per heavy atom. The molecule has 0 radical (unpaired) electrons. The molecule has 2 heterocycles. The van der Waals surface area contributed by atoms with Crippen LogP contribution in [0.4, 0.5) is 0 Å². The summed E-state index contributed by atoms with van der Waals surface area (Å²) in [6.45, 7) is 5.06. The zero-order valence-electron chi connectivity index (χ0n) is 12.6. The first-order chi connectivity index (χ1) is 9.43. The number of hydrogen-bond acceptors (Lipinski definition) is 5. The van der Waals surface area contributed by atoms with Gasteiger partial charge in [0.2, 0.25) is 5.91 Å². The van der Waals surface area contributed by atoms with Gasteiger partial charge in [-0.25, -0.2) is 0 Å².